The molecule has 0 spiro atoms. The average molecular weight is 437 g/mol. The molecule has 0 saturated carbocycles. The molecule has 1 N–H and O–H groups in total. The summed E-state index contributed by atoms with van der Waals surface area (Å²) in [7, 11) is -2.53. The molecule has 1 saturated heterocycles. The second-order valence-corrected chi connectivity index (χ2v) is 8.73. The van der Waals surface area contributed by atoms with Crippen LogP contribution in [-0.4, -0.2) is 43.8 Å². The van der Waals surface area contributed by atoms with E-state index < -0.39 is 32.6 Å². The summed E-state index contributed by atoms with van der Waals surface area (Å²) >= 11 is 0. The molecule has 1 amide bonds. The van der Waals surface area contributed by atoms with E-state index in [9.17, 15) is 27.7 Å². The van der Waals surface area contributed by atoms with Crippen LogP contribution in [-0.2, 0) is 14.8 Å². The molecule has 1 aliphatic heterocycles. The number of piperidine rings is 1. The number of nitrogens with zero attached hydrogens (tertiary/aromatic N) is 2. The van der Waals surface area contributed by atoms with Crippen LogP contribution in [0.15, 0.2) is 47.4 Å². The highest BCUT2D eigenvalue weighted by Gasteiger charge is 2.33. The van der Waals surface area contributed by atoms with E-state index in [1.54, 1.807) is 0 Å². The van der Waals surface area contributed by atoms with Gasteiger partial charge in [-0.05, 0) is 43.2 Å². The molecule has 2 aromatic rings. The maximum atomic E-state index is 13.1. The van der Waals surface area contributed by atoms with E-state index in [0.29, 0.717) is 12.8 Å². The fraction of sp³-hybridized carbons (Fsp3) is 0.316. The molecule has 2 aromatic carbocycles. The number of anilines is 1. The van der Waals surface area contributed by atoms with Crippen LogP contribution in [0.2, 0.25) is 0 Å². The lowest BCUT2D eigenvalue weighted by molar-refractivity contribution is -0.384. The third-order valence-electron chi connectivity index (χ3n) is 4.86. The van der Waals surface area contributed by atoms with Gasteiger partial charge in [-0.2, -0.15) is 4.31 Å². The first-order valence-corrected chi connectivity index (χ1v) is 10.6. The molecule has 0 bridgehead atoms. The average Bonchev–Trinajstić information content (AvgIpc) is 2.74. The normalized spacial score (nSPS) is 17.3. The number of carbonyl (C=O) groups is 1. The van der Waals surface area contributed by atoms with E-state index in [-0.39, 0.29) is 35.1 Å². The Labute approximate surface area is 172 Å². The van der Waals surface area contributed by atoms with Crippen molar-refractivity contribution < 1.29 is 27.3 Å². The summed E-state index contributed by atoms with van der Waals surface area (Å²) < 4.78 is 45.1. The summed E-state index contributed by atoms with van der Waals surface area (Å²) in [6.07, 6.45) is 0.965. The van der Waals surface area contributed by atoms with Crippen molar-refractivity contribution in [2.24, 2.45) is 5.92 Å². The monoisotopic (exact) mass is 437 g/mol. The molecule has 30 heavy (non-hydrogen) atoms. The van der Waals surface area contributed by atoms with Gasteiger partial charge in [0.1, 0.15) is 11.6 Å². The number of benzene rings is 2. The smallest absolute Gasteiger partial charge is 0.273 e. The van der Waals surface area contributed by atoms with Crippen LogP contribution in [0, 0.1) is 21.8 Å². The summed E-state index contributed by atoms with van der Waals surface area (Å²) in [4.78, 5) is 23.0. The molecule has 3 rings (SSSR count). The number of amides is 1. The maximum absolute atomic E-state index is 13.1. The molecular weight excluding hydrogens is 417 g/mol. The van der Waals surface area contributed by atoms with Gasteiger partial charge in [0.15, 0.2) is 0 Å². The molecule has 9 nitrogen and oxygen atoms in total. The van der Waals surface area contributed by atoms with Gasteiger partial charge in [0, 0.05) is 19.2 Å². The van der Waals surface area contributed by atoms with Gasteiger partial charge >= 0.3 is 0 Å². The zero-order chi connectivity index (χ0) is 21.9. The van der Waals surface area contributed by atoms with E-state index in [1.165, 1.54) is 41.7 Å². The van der Waals surface area contributed by atoms with Gasteiger partial charge in [-0.3, -0.25) is 14.9 Å². The highest BCUT2D eigenvalue weighted by Crippen LogP contribution is 2.31. The lowest BCUT2D eigenvalue weighted by atomic mass is 9.98. The highest BCUT2D eigenvalue weighted by molar-refractivity contribution is 7.89. The first kappa shape index (κ1) is 21.7. The Bertz CT molecular complexity index is 1060. The molecule has 1 aliphatic rings. The SMILES string of the molecule is COc1cc([N+](=O)[O-])ccc1NC(=O)C1CCCN(S(=O)(=O)c2ccc(F)cc2)C1. The van der Waals surface area contributed by atoms with Crippen molar-refractivity contribution in [3.63, 3.8) is 0 Å². The number of non-ortho nitro benzene ring substituents is 1. The second kappa shape index (κ2) is 8.76. The molecule has 160 valence electrons. The number of hydrogen-bond donors (Lipinski definition) is 1. The van der Waals surface area contributed by atoms with Gasteiger partial charge in [-0.25, -0.2) is 12.8 Å². The van der Waals surface area contributed by atoms with E-state index in [1.807, 2.05) is 0 Å². The standard InChI is InChI=1S/C19H20FN3O6S/c1-29-18-11-15(23(25)26)6-9-17(18)21-19(24)13-3-2-10-22(12-13)30(27,28)16-7-4-14(20)5-8-16/h4-9,11,13H,2-3,10,12H2,1H3,(H,21,24). The zero-order valence-corrected chi connectivity index (χ0v) is 16.9. The molecule has 1 heterocycles. The molecule has 1 fully saturated rings. The van der Waals surface area contributed by atoms with Crippen molar-refractivity contribution in [2.45, 2.75) is 17.7 Å². The minimum absolute atomic E-state index is 0.0269. The number of nitro benzene ring substituents is 1. The van der Waals surface area contributed by atoms with Crippen LogP contribution >= 0.6 is 0 Å². The number of nitrogens with one attached hydrogen (secondary N) is 1. The first-order chi connectivity index (χ1) is 14.2. The fourth-order valence-electron chi connectivity index (χ4n) is 3.26. The predicted molar refractivity (Wildman–Crippen MR) is 106 cm³/mol. The van der Waals surface area contributed by atoms with Crippen molar-refractivity contribution in [1.29, 1.82) is 0 Å². The quantitative estimate of drug-likeness (QED) is 0.548. The van der Waals surface area contributed by atoms with Gasteiger partial charge in [0.25, 0.3) is 5.69 Å². The Kier molecular flexibility index (Phi) is 6.32. The van der Waals surface area contributed by atoms with Gasteiger partial charge in [0.2, 0.25) is 15.9 Å². The molecule has 11 heteroatoms. The van der Waals surface area contributed by atoms with Gasteiger partial charge < -0.3 is 10.1 Å². The van der Waals surface area contributed by atoms with E-state index in [2.05, 4.69) is 5.32 Å². The molecule has 0 aliphatic carbocycles. The lowest BCUT2D eigenvalue weighted by Crippen LogP contribution is -2.43. The molecule has 1 atom stereocenters. The Balaban J connectivity index is 1.75. The topological polar surface area (TPSA) is 119 Å². The summed E-state index contributed by atoms with van der Waals surface area (Å²) in [6.45, 7) is 0.227. The molecule has 0 aromatic heterocycles. The Morgan fingerprint density at radius 1 is 1.27 bits per heavy atom. The Morgan fingerprint density at radius 3 is 2.60 bits per heavy atom. The van der Waals surface area contributed by atoms with Crippen LogP contribution in [0.1, 0.15) is 12.8 Å². The summed E-state index contributed by atoms with van der Waals surface area (Å²) in [6, 6.07) is 8.33. The molecular formula is C19H20FN3O6S. The van der Waals surface area contributed by atoms with E-state index >= 15 is 0 Å². The van der Waals surface area contributed by atoms with Crippen LogP contribution in [0.5, 0.6) is 5.75 Å². The minimum atomic E-state index is -3.86. The van der Waals surface area contributed by atoms with Crippen LogP contribution in [0.4, 0.5) is 15.8 Å². The molecule has 0 radical (unpaired) electrons. The van der Waals surface area contributed by atoms with Crippen molar-refractivity contribution in [3.05, 3.63) is 58.4 Å². The van der Waals surface area contributed by atoms with Crippen molar-refractivity contribution >= 4 is 27.3 Å². The number of sulfonamides is 1. The van der Waals surface area contributed by atoms with Crippen LogP contribution in [0.25, 0.3) is 0 Å². The lowest BCUT2D eigenvalue weighted by Gasteiger charge is -2.31. The molecule has 1 unspecified atom stereocenters. The second-order valence-electron chi connectivity index (χ2n) is 6.79. The Hall–Kier alpha value is -3.05. The van der Waals surface area contributed by atoms with Crippen LogP contribution in [0.3, 0.4) is 0 Å². The number of halogens is 1. The number of rotatable bonds is 6. The Morgan fingerprint density at radius 2 is 1.97 bits per heavy atom. The van der Waals surface area contributed by atoms with Crippen molar-refractivity contribution in [1.82, 2.24) is 4.31 Å². The predicted octanol–water partition coefficient (Wildman–Crippen LogP) is 2.78. The number of hydrogen-bond acceptors (Lipinski definition) is 6. The van der Waals surface area contributed by atoms with E-state index in [4.69, 9.17) is 4.74 Å². The summed E-state index contributed by atoms with van der Waals surface area (Å²) in [5.41, 5.74) is 0.0747. The minimum Gasteiger partial charge on any atom is -0.494 e. The number of methoxy groups -OCH3 is 1. The van der Waals surface area contributed by atoms with Crippen molar-refractivity contribution in [3.8, 4) is 5.75 Å². The fourth-order valence-corrected chi connectivity index (χ4v) is 4.79. The number of carbonyl (C=O) groups excluding carboxylic acids is 1. The number of ether oxygens (including phenoxy) is 1. The number of nitro groups is 1. The maximum Gasteiger partial charge on any atom is 0.273 e. The van der Waals surface area contributed by atoms with Gasteiger partial charge in [-0.1, -0.05) is 0 Å². The first-order valence-electron chi connectivity index (χ1n) is 9.11. The van der Waals surface area contributed by atoms with Crippen molar-refractivity contribution in [2.75, 3.05) is 25.5 Å². The summed E-state index contributed by atoms with van der Waals surface area (Å²) in [5, 5.41) is 13.6. The van der Waals surface area contributed by atoms with E-state index in [0.717, 1.165) is 12.1 Å². The zero-order valence-electron chi connectivity index (χ0n) is 16.1. The third kappa shape index (κ3) is 4.57. The van der Waals surface area contributed by atoms with Gasteiger partial charge in [-0.15, -0.1) is 0 Å². The summed E-state index contributed by atoms with van der Waals surface area (Å²) in [5.74, 6) is -1.44. The largest absolute Gasteiger partial charge is 0.494 e. The highest BCUT2D eigenvalue weighted by atomic mass is 32.2. The van der Waals surface area contributed by atoms with Gasteiger partial charge in [0.05, 0.1) is 34.6 Å². The third-order valence-corrected chi connectivity index (χ3v) is 6.74. The van der Waals surface area contributed by atoms with Crippen LogP contribution < -0.4 is 10.1 Å².